The molecule has 0 radical (unpaired) electrons. The molecule has 1 atom stereocenters. The second kappa shape index (κ2) is 8.95. The van der Waals surface area contributed by atoms with Gasteiger partial charge in [-0.15, -0.1) is 0 Å². The number of hydrogen-bond acceptors (Lipinski definition) is 4. The number of aryl methyl sites for hydroxylation is 1. The average Bonchev–Trinajstić information content (AvgIpc) is 2.42. The molecule has 4 nitrogen and oxygen atoms in total. The first kappa shape index (κ1) is 17.0. The van der Waals surface area contributed by atoms with Gasteiger partial charge in [0.25, 0.3) is 0 Å². The third kappa shape index (κ3) is 5.90. The Morgan fingerprint density at radius 1 is 1.30 bits per heavy atom. The molecule has 1 aromatic rings. The molecule has 0 heterocycles. The number of aliphatic hydroxyl groups excluding tert-OH is 1. The maximum Gasteiger partial charge on any atom is 0.122 e. The maximum atomic E-state index is 9.85. The van der Waals surface area contributed by atoms with Crippen molar-refractivity contribution in [1.82, 2.24) is 5.32 Å². The van der Waals surface area contributed by atoms with E-state index in [4.69, 9.17) is 9.47 Å². The first-order valence-electron chi connectivity index (χ1n) is 7.15. The summed E-state index contributed by atoms with van der Waals surface area (Å²) in [4.78, 5) is 0. The van der Waals surface area contributed by atoms with E-state index in [0.29, 0.717) is 25.7 Å². The predicted octanol–water partition coefficient (Wildman–Crippen LogP) is 2.09. The second-order valence-corrected chi connectivity index (χ2v) is 5.34. The number of nitrogens with one attached hydrogen (secondary N) is 1. The normalized spacial score (nSPS) is 12.7. The van der Waals surface area contributed by atoms with Gasteiger partial charge in [0.15, 0.2) is 0 Å². The molecule has 114 valence electrons. The highest BCUT2D eigenvalue weighted by molar-refractivity contribution is 5.37. The molecule has 0 saturated carbocycles. The lowest BCUT2D eigenvalue weighted by molar-refractivity contribution is 0.103. The molecule has 0 aliphatic carbocycles. The van der Waals surface area contributed by atoms with Gasteiger partial charge in [0.05, 0.1) is 6.61 Å². The number of rotatable bonds is 9. The molecule has 0 amide bonds. The van der Waals surface area contributed by atoms with Gasteiger partial charge in [-0.2, -0.15) is 0 Å². The molecule has 1 aromatic carbocycles. The summed E-state index contributed by atoms with van der Waals surface area (Å²) in [6.45, 7) is 8.50. The summed E-state index contributed by atoms with van der Waals surface area (Å²) in [6, 6.07) is 6.24. The topological polar surface area (TPSA) is 50.7 Å². The first-order valence-corrected chi connectivity index (χ1v) is 7.15. The van der Waals surface area contributed by atoms with Gasteiger partial charge in [0, 0.05) is 20.2 Å². The van der Waals surface area contributed by atoms with Crippen LogP contribution in [0.2, 0.25) is 0 Å². The molecule has 0 saturated heterocycles. The van der Waals surface area contributed by atoms with Crippen LogP contribution >= 0.6 is 0 Å². The van der Waals surface area contributed by atoms with Crippen molar-refractivity contribution < 1.29 is 14.6 Å². The van der Waals surface area contributed by atoms with Gasteiger partial charge >= 0.3 is 0 Å². The molecule has 0 bridgehead atoms. The Labute approximate surface area is 122 Å². The molecule has 20 heavy (non-hydrogen) atoms. The smallest absolute Gasteiger partial charge is 0.122 e. The van der Waals surface area contributed by atoms with Crippen LogP contribution in [0, 0.1) is 6.92 Å². The number of ether oxygens (including phenoxy) is 2. The predicted molar refractivity (Wildman–Crippen MR) is 81.5 cm³/mol. The van der Waals surface area contributed by atoms with Crippen LogP contribution in [0.5, 0.6) is 5.75 Å². The zero-order chi connectivity index (χ0) is 15.0. The van der Waals surface area contributed by atoms with Crippen molar-refractivity contribution in [2.45, 2.75) is 32.8 Å². The summed E-state index contributed by atoms with van der Waals surface area (Å²) in [5.74, 6) is 1.32. The van der Waals surface area contributed by atoms with Crippen molar-refractivity contribution >= 4 is 0 Å². The monoisotopic (exact) mass is 281 g/mol. The number of methoxy groups -OCH3 is 1. The fraction of sp³-hybridized carbons (Fsp3) is 0.625. The highest BCUT2D eigenvalue weighted by Gasteiger charge is 2.08. The van der Waals surface area contributed by atoms with Gasteiger partial charge in [-0.25, -0.2) is 0 Å². The fourth-order valence-electron chi connectivity index (χ4n) is 1.82. The Balaban J connectivity index is 2.42. The minimum absolute atomic E-state index is 0.294. The molecule has 1 unspecified atom stereocenters. The standard InChI is InChI=1S/C16H27NO3/c1-12(2)14-6-5-13(3)16(9-14)20-11-15(18)10-17-7-8-19-4/h5-6,9,12,15,17-18H,7-8,10-11H2,1-4H3. The minimum Gasteiger partial charge on any atom is -0.491 e. The Bertz CT molecular complexity index is 393. The maximum absolute atomic E-state index is 9.85. The van der Waals surface area contributed by atoms with E-state index in [1.54, 1.807) is 7.11 Å². The molecule has 0 aliphatic rings. The summed E-state index contributed by atoms with van der Waals surface area (Å²) in [7, 11) is 1.66. The van der Waals surface area contributed by atoms with Gasteiger partial charge in [0.2, 0.25) is 0 Å². The van der Waals surface area contributed by atoms with E-state index in [0.717, 1.165) is 17.9 Å². The van der Waals surface area contributed by atoms with Crippen LogP contribution in [-0.2, 0) is 4.74 Å². The van der Waals surface area contributed by atoms with Crippen LogP contribution in [0.3, 0.4) is 0 Å². The van der Waals surface area contributed by atoms with Crippen molar-refractivity contribution in [2.75, 3.05) is 33.4 Å². The lowest BCUT2D eigenvalue weighted by atomic mass is 10.0. The molecular weight excluding hydrogens is 254 g/mol. The number of hydrogen-bond donors (Lipinski definition) is 2. The lowest BCUT2D eigenvalue weighted by Gasteiger charge is -2.16. The number of aliphatic hydroxyl groups is 1. The summed E-state index contributed by atoms with van der Waals surface area (Å²) in [5, 5.41) is 13.0. The molecule has 4 heteroatoms. The molecule has 0 spiro atoms. The summed E-state index contributed by atoms with van der Waals surface area (Å²) >= 11 is 0. The first-order chi connectivity index (χ1) is 9.54. The third-order valence-electron chi connectivity index (χ3n) is 3.17. The van der Waals surface area contributed by atoms with Crippen LogP contribution in [-0.4, -0.2) is 44.6 Å². The van der Waals surface area contributed by atoms with Crippen molar-refractivity contribution in [3.8, 4) is 5.75 Å². The summed E-state index contributed by atoms with van der Waals surface area (Å²) < 4.78 is 10.7. The molecule has 0 fully saturated rings. The average molecular weight is 281 g/mol. The summed E-state index contributed by atoms with van der Waals surface area (Å²) in [5.41, 5.74) is 2.34. The molecular formula is C16H27NO3. The van der Waals surface area contributed by atoms with E-state index in [1.165, 1.54) is 5.56 Å². The van der Waals surface area contributed by atoms with Gasteiger partial charge in [-0.3, -0.25) is 0 Å². The summed E-state index contributed by atoms with van der Waals surface area (Å²) in [6.07, 6.45) is -0.519. The van der Waals surface area contributed by atoms with E-state index in [-0.39, 0.29) is 0 Å². The zero-order valence-electron chi connectivity index (χ0n) is 13.0. The van der Waals surface area contributed by atoms with Crippen LogP contribution < -0.4 is 10.1 Å². The van der Waals surface area contributed by atoms with Crippen molar-refractivity contribution in [3.05, 3.63) is 29.3 Å². The van der Waals surface area contributed by atoms with Crippen molar-refractivity contribution in [2.24, 2.45) is 0 Å². The van der Waals surface area contributed by atoms with E-state index in [9.17, 15) is 5.11 Å². The van der Waals surface area contributed by atoms with E-state index in [2.05, 4.69) is 37.4 Å². The van der Waals surface area contributed by atoms with Crippen LogP contribution in [0.15, 0.2) is 18.2 Å². The molecule has 2 N–H and O–H groups in total. The van der Waals surface area contributed by atoms with E-state index < -0.39 is 6.10 Å². The van der Waals surface area contributed by atoms with Crippen molar-refractivity contribution in [1.29, 1.82) is 0 Å². The number of benzene rings is 1. The highest BCUT2D eigenvalue weighted by atomic mass is 16.5. The van der Waals surface area contributed by atoms with Crippen LogP contribution in [0.1, 0.15) is 30.9 Å². The molecule has 0 aromatic heterocycles. The Morgan fingerprint density at radius 3 is 2.70 bits per heavy atom. The second-order valence-electron chi connectivity index (χ2n) is 5.34. The Hall–Kier alpha value is -1.10. The largest absolute Gasteiger partial charge is 0.491 e. The van der Waals surface area contributed by atoms with Gasteiger partial charge in [0.1, 0.15) is 18.5 Å². The SMILES string of the molecule is COCCNCC(O)COc1cc(C(C)C)ccc1C. The molecule has 1 rings (SSSR count). The van der Waals surface area contributed by atoms with E-state index in [1.807, 2.05) is 6.92 Å². The molecule has 0 aliphatic heterocycles. The fourth-order valence-corrected chi connectivity index (χ4v) is 1.82. The third-order valence-corrected chi connectivity index (χ3v) is 3.17. The van der Waals surface area contributed by atoms with Crippen molar-refractivity contribution in [3.63, 3.8) is 0 Å². The van der Waals surface area contributed by atoms with Gasteiger partial charge in [-0.1, -0.05) is 26.0 Å². The quantitative estimate of drug-likeness (QED) is 0.681. The highest BCUT2D eigenvalue weighted by Crippen LogP contribution is 2.24. The minimum atomic E-state index is -0.519. The Morgan fingerprint density at radius 2 is 2.05 bits per heavy atom. The van der Waals surface area contributed by atoms with E-state index >= 15 is 0 Å². The zero-order valence-corrected chi connectivity index (χ0v) is 13.0. The lowest BCUT2D eigenvalue weighted by Crippen LogP contribution is -2.33. The van der Waals surface area contributed by atoms with Gasteiger partial charge < -0.3 is 19.9 Å². The van der Waals surface area contributed by atoms with Crippen LogP contribution in [0.4, 0.5) is 0 Å². The van der Waals surface area contributed by atoms with Crippen LogP contribution in [0.25, 0.3) is 0 Å². The Kier molecular flexibility index (Phi) is 7.59. The van der Waals surface area contributed by atoms with Gasteiger partial charge in [-0.05, 0) is 30.0 Å².